The average molecular weight is 218 g/mol. The summed E-state index contributed by atoms with van der Waals surface area (Å²) in [5.74, 6) is 1.85. The minimum atomic E-state index is -0.0648. The smallest absolute Gasteiger partial charge is 0.306 e. The van der Waals surface area contributed by atoms with Crippen LogP contribution in [-0.4, -0.2) is 5.97 Å². The Bertz CT molecular complexity index is 350. The Hall–Kier alpha value is -1.31. The maximum Gasteiger partial charge on any atom is 0.306 e. The maximum absolute atomic E-state index is 11.5. The van der Waals surface area contributed by atoms with Crippen molar-refractivity contribution in [1.29, 1.82) is 0 Å². The van der Waals surface area contributed by atoms with Gasteiger partial charge in [0.25, 0.3) is 0 Å². The Labute approximate surface area is 96.6 Å². The van der Waals surface area contributed by atoms with Crippen molar-refractivity contribution in [1.82, 2.24) is 0 Å². The fraction of sp³-hybridized carbons (Fsp3) is 0.500. The van der Waals surface area contributed by atoms with E-state index in [2.05, 4.69) is 13.8 Å². The summed E-state index contributed by atoms with van der Waals surface area (Å²) in [6.45, 7) is 4.79. The van der Waals surface area contributed by atoms with Gasteiger partial charge >= 0.3 is 5.97 Å². The van der Waals surface area contributed by atoms with E-state index in [0.717, 1.165) is 5.56 Å². The van der Waals surface area contributed by atoms with E-state index < -0.39 is 0 Å². The van der Waals surface area contributed by atoms with Crippen LogP contribution in [0.2, 0.25) is 0 Å². The summed E-state index contributed by atoms with van der Waals surface area (Å²) in [4.78, 5) is 11.5. The molecule has 2 rings (SSSR count). The Morgan fingerprint density at radius 2 is 1.81 bits per heavy atom. The van der Waals surface area contributed by atoms with E-state index in [4.69, 9.17) is 4.74 Å². The van der Waals surface area contributed by atoms with Crippen molar-refractivity contribution in [2.24, 2.45) is 17.8 Å². The standard InChI is InChI=1S/C14H18O2/c1-10-11(2)13(10)8-14(15)16-9-12-6-4-3-5-7-12/h3-7,10-11,13H,8-9H2,1-2H3/t10-,11+,13?. The van der Waals surface area contributed by atoms with Crippen molar-refractivity contribution in [3.63, 3.8) is 0 Å². The molecule has 1 fully saturated rings. The van der Waals surface area contributed by atoms with Gasteiger partial charge in [-0.15, -0.1) is 0 Å². The molecule has 16 heavy (non-hydrogen) atoms. The number of carbonyl (C=O) groups excluding carboxylic acids is 1. The summed E-state index contributed by atoms with van der Waals surface area (Å²) < 4.78 is 5.24. The molecule has 0 aromatic heterocycles. The second kappa shape index (κ2) is 4.69. The second-order valence-corrected chi connectivity index (χ2v) is 4.73. The van der Waals surface area contributed by atoms with E-state index in [1.807, 2.05) is 30.3 Å². The lowest BCUT2D eigenvalue weighted by Crippen LogP contribution is -2.06. The molecule has 0 N–H and O–H groups in total. The van der Waals surface area contributed by atoms with Crippen LogP contribution < -0.4 is 0 Å². The van der Waals surface area contributed by atoms with Gasteiger partial charge in [-0.25, -0.2) is 0 Å². The third kappa shape index (κ3) is 2.63. The molecule has 1 aromatic rings. The first-order valence-corrected chi connectivity index (χ1v) is 5.88. The molecule has 0 radical (unpaired) electrons. The predicted octanol–water partition coefficient (Wildman–Crippen LogP) is 3.02. The topological polar surface area (TPSA) is 26.3 Å². The molecule has 3 atom stereocenters. The molecule has 0 aliphatic heterocycles. The Morgan fingerprint density at radius 3 is 2.38 bits per heavy atom. The highest BCUT2D eigenvalue weighted by molar-refractivity contribution is 5.70. The highest BCUT2D eigenvalue weighted by Gasteiger charge is 2.43. The molecule has 1 saturated carbocycles. The monoisotopic (exact) mass is 218 g/mol. The van der Waals surface area contributed by atoms with Crippen LogP contribution in [-0.2, 0) is 16.1 Å². The number of ether oxygens (including phenoxy) is 1. The van der Waals surface area contributed by atoms with Gasteiger partial charge in [0.05, 0.1) is 0 Å². The van der Waals surface area contributed by atoms with Crippen LogP contribution in [0.4, 0.5) is 0 Å². The third-order valence-electron chi connectivity index (χ3n) is 3.68. The van der Waals surface area contributed by atoms with Crippen LogP contribution in [0, 0.1) is 17.8 Å². The fourth-order valence-corrected chi connectivity index (χ4v) is 2.13. The lowest BCUT2D eigenvalue weighted by Gasteiger charge is -2.04. The highest BCUT2D eigenvalue weighted by Crippen LogP contribution is 2.47. The maximum atomic E-state index is 11.5. The van der Waals surface area contributed by atoms with Crippen LogP contribution in [0.5, 0.6) is 0 Å². The van der Waals surface area contributed by atoms with Gasteiger partial charge in [-0.05, 0) is 23.3 Å². The molecule has 2 nitrogen and oxygen atoms in total. The summed E-state index contributed by atoms with van der Waals surface area (Å²) in [7, 11) is 0. The number of esters is 1. The zero-order chi connectivity index (χ0) is 11.5. The molecule has 2 heteroatoms. The molecule has 1 aromatic carbocycles. The first-order chi connectivity index (χ1) is 7.68. The molecule has 1 aliphatic carbocycles. The first-order valence-electron chi connectivity index (χ1n) is 5.88. The SMILES string of the molecule is C[C@@H]1C(CC(=O)OCc2ccccc2)[C@@H]1C. The fourth-order valence-electron chi connectivity index (χ4n) is 2.13. The quantitative estimate of drug-likeness (QED) is 0.726. The van der Waals surface area contributed by atoms with Gasteiger partial charge in [-0.2, -0.15) is 0 Å². The highest BCUT2D eigenvalue weighted by atomic mass is 16.5. The molecule has 0 saturated heterocycles. The third-order valence-corrected chi connectivity index (χ3v) is 3.68. The number of carbonyl (C=O) groups is 1. The van der Waals surface area contributed by atoms with E-state index in [1.54, 1.807) is 0 Å². The van der Waals surface area contributed by atoms with Crippen LogP contribution in [0.15, 0.2) is 30.3 Å². The van der Waals surface area contributed by atoms with Gasteiger partial charge in [-0.3, -0.25) is 4.79 Å². The van der Waals surface area contributed by atoms with Crippen LogP contribution in [0.3, 0.4) is 0 Å². The molecule has 0 heterocycles. The summed E-state index contributed by atoms with van der Waals surface area (Å²) in [6, 6.07) is 9.80. The molecule has 0 bridgehead atoms. The summed E-state index contributed by atoms with van der Waals surface area (Å²) in [6.07, 6.45) is 0.579. The number of rotatable bonds is 4. The van der Waals surface area contributed by atoms with Gasteiger partial charge in [0.2, 0.25) is 0 Å². The molecule has 1 aliphatic rings. The average Bonchev–Trinajstić information content (AvgIpc) is 2.86. The van der Waals surface area contributed by atoms with Crippen molar-refractivity contribution in [2.45, 2.75) is 26.9 Å². The Balaban J connectivity index is 1.73. The predicted molar refractivity (Wildman–Crippen MR) is 62.7 cm³/mol. The van der Waals surface area contributed by atoms with Crippen molar-refractivity contribution in [3.8, 4) is 0 Å². The molecule has 1 unspecified atom stereocenters. The van der Waals surface area contributed by atoms with Crippen LogP contribution in [0.1, 0.15) is 25.8 Å². The minimum absolute atomic E-state index is 0.0648. The molecular formula is C14H18O2. The minimum Gasteiger partial charge on any atom is -0.461 e. The largest absolute Gasteiger partial charge is 0.461 e. The van der Waals surface area contributed by atoms with Gasteiger partial charge < -0.3 is 4.74 Å². The van der Waals surface area contributed by atoms with Crippen molar-refractivity contribution in [2.75, 3.05) is 0 Å². The van der Waals surface area contributed by atoms with Crippen molar-refractivity contribution in [3.05, 3.63) is 35.9 Å². The van der Waals surface area contributed by atoms with Crippen LogP contribution in [0.25, 0.3) is 0 Å². The Kier molecular flexibility index (Phi) is 3.28. The zero-order valence-corrected chi connectivity index (χ0v) is 9.85. The van der Waals surface area contributed by atoms with Crippen molar-refractivity contribution >= 4 is 5.97 Å². The normalized spacial score (nSPS) is 27.5. The van der Waals surface area contributed by atoms with Crippen molar-refractivity contribution < 1.29 is 9.53 Å². The van der Waals surface area contributed by atoms with Gasteiger partial charge in [-0.1, -0.05) is 44.2 Å². The zero-order valence-electron chi connectivity index (χ0n) is 9.85. The van der Waals surface area contributed by atoms with E-state index in [-0.39, 0.29) is 5.97 Å². The van der Waals surface area contributed by atoms with E-state index >= 15 is 0 Å². The first kappa shape index (κ1) is 11.2. The number of benzene rings is 1. The molecule has 86 valence electrons. The number of hydrogen-bond acceptors (Lipinski definition) is 2. The lowest BCUT2D eigenvalue weighted by molar-refractivity contribution is -0.145. The summed E-state index contributed by atoms with van der Waals surface area (Å²) in [5, 5.41) is 0. The van der Waals surface area contributed by atoms with E-state index in [1.165, 1.54) is 0 Å². The van der Waals surface area contributed by atoms with E-state index in [9.17, 15) is 4.79 Å². The van der Waals surface area contributed by atoms with Gasteiger partial charge in [0, 0.05) is 6.42 Å². The summed E-state index contributed by atoms with van der Waals surface area (Å²) >= 11 is 0. The van der Waals surface area contributed by atoms with Gasteiger partial charge in [0.15, 0.2) is 0 Å². The summed E-state index contributed by atoms with van der Waals surface area (Å²) in [5.41, 5.74) is 1.05. The Morgan fingerprint density at radius 1 is 1.19 bits per heavy atom. The molecule has 0 spiro atoms. The second-order valence-electron chi connectivity index (χ2n) is 4.73. The molecular weight excluding hydrogens is 200 g/mol. The number of hydrogen-bond donors (Lipinski definition) is 0. The van der Waals surface area contributed by atoms with E-state index in [0.29, 0.717) is 30.8 Å². The van der Waals surface area contributed by atoms with Crippen LogP contribution >= 0.6 is 0 Å². The lowest BCUT2D eigenvalue weighted by atomic mass is 10.2. The molecule has 0 amide bonds. The van der Waals surface area contributed by atoms with Gasteiger partial charge in [0.1, 0.15) is 6.61 Å².